The van der Waals surface area contributed by atoms with Crippen LogP contribution in [0.1, 0.15) is 43.5 Å². The Morgan fingerprint density at radius 1 is 1.37 bits per heavy atom. The van der Waals surface area contributed by atoms with Crippen LogP contribution < -0.4 is 10.6 Å². The second kappa shape index (κ2) is 6.48. The quantitative estimate of drug-likeness (QED) is 0.841. The van der Waals surface area contributed by atoms with Gasteiger partial charge in [0.05, 0.1) is 5.69 Å². The number of nitrogens with one attached hydrogen (secondary N) is 2. The largest absolute Gasteiger partial charge is 0.366 e. The zero-order valence-corrected chi connectivity index (χ0v) is 11.7. The highest BCUT2D eigenvalue weighted by molar-refractivity contribution is 5.56. The molecule has 0 radical (unpaired) electrons. The standard InChI is InChI=1S/C14H21N5/c1-3-11-12(8-15)14(19-18-13(11)4-2)17-9-10-6-5-7-16-10/h10,16H,3-7,9H2,1-2H3,(H,17,19). The summed E-state index contributed by atoms with van der Waals surface area (Å²) in [6, 6.07) is 2.76. The van der Waals surface area contributed by atoms with Crippen molar-refractivity contribution in [3.8, 4) is 6.07 Å². The highest BCUT2D eigenvalue weighted by Crippen LogP contribution is 2.20. The van der Waals surface area contributed by atoms with E-state index in [0.717, 1.165) is 37.2 Å². The molecule has 0 spiro atoms. The fourth-order valence-electron chi connectivity index (χ4n) is 2.57. The van der Waals surface area contributed by atoms with Crippen LogP contribution in [0.2, 0.25) is 0 Å². The Balaban J connectivity index is 2.17. The van der Waals surface area contributed by atoms with Crippen LogP contribution in [0.15, 0.2) is 0 Å². The van der Waals surface area contributed by atoms with E-state index in [4.69, 9.17) is 0 Å². The van der Waals surface area contributed by atoms with Gasteiger partial charge in [0.15, 0.2) is 5.82 Å². The van der Waals surface area contributed by atoms with E-state index in [0.29, 0.717) is 17.4 Å². The Kier molecular flexibility index (Phi) is 4.69. The first-order valence-electron chi connectivity index (χ1n) is 7.05. The number of nitrogens with zero attached hydrogens (tertiary/aromatic N) is 3. The summed E-state index contributed by atoms with van der Waals surface area (Å²) in [5.74, 6) is 0.630. The minimum absolute atomic E-state index is 0.476. The van der Waals surface area contributed by atoms with Crippen molar-refractivity contribution in [1.29, 1.82) is 5.26 Å². The summed E-state index contributed by atoms with van der Waals surface area (Å²) in [6.45, 7) is 5.98. The third-order valence-electron chi connectivity index (χ3n) is 3.64. The first-order chi connectivity index (χ1) is 9.30. The summed E-state index contributed by atoms with van der Waals surface area (Å²) in [4.78, 5) is 0. The van der Waals surface area contributed by atoms with Gasteiger partial charge >= 0.3 is 0 Å². The molecule has 0 saturated carbocycles. The van der Waals surface area contributed by atoms with Crippen LogP contribution in [-0.4, -0.2) is 29.3 Å². The highest BCUT2D eigenvalue weighted by Gasteiger charge is 2.17. The molecule has 0 bridgehead atoms. The normalized spacial score (nSPS) is 18.3. The second-order valence-corrected chi connectivity index (χ2v) is 4.84. The molecule has 19 heavy (non-hydrogen) atoms. The molecule has 0 aromatic carbocycles. The SMILES string of the molecule is CCc1nnc(NCC2CCCN2)c(C#N)c1CC. The molecule has 1 unspecified atom stereocenters. The first kappa shape index (κ1) is 13.8. The van der Waals surface area contributed by atoms with Crippen molar-refractivity contribution in [2.75, 3.05) is 18.4 Å². The van der Waals surface area contributed by atoms with E-state index in [2.05, 4.69) is 33.8 Å². The van der Waals surface area contributed by atoms with Gasteiger partial charge in [0.2, 0.25) is 0 Å². The lowest BCUT2D eigenvalue weighted by Crippen LogP contribution is -2.30. The molecule has 1 saturated heterocycles. The van der Waals surface area contributed by atoms with Crippen LogP contribution in [0.4, 0.5) is 5.82 Å². The van der Waals surface area contributed by atoms with Crippen LogP contribution in [0.3, 0.4) is 0 Å². The lowest BCUT2D eigenvalue weighted by molar-refractivity contribution is 0.631. The maximum absolute atomic E-state index is 9.37. The average Bonchev–Trinajstić information content (AvgIpc) is 2.96. The Morgan fingerprint density at radius 2 is 2.21 bits per heavy atom. The number of anilines is 1. The van der Waals surface area contributed by atoms with Gasteiger partial charge in [-0.3, -0.25) is 0 Å². The molecule has 2 rings (SSSR count). The summed E-state index contributed by atoms with van der Waals surface area (Å²) in [5, 5.41) is 24.5. The molecule has 102 valence electrons. The summed E-state index contributed by atoms with van der Waals surface area (Å²) in [7, 11) is 0. The summed E-state index contributed by atoms with van der Waals surface area (Å²) in [6.07, 6.45) is 4.03. The van der Waals surface area contributed by atoms with Gasteiger partial charge in [-0.2, -0.15) is 10.4 Å². The summed E-state index contributed by atoms with van der Waals surface area (Å²) < 4.78 is 0. The van der Waals surface area contributed by atoms with Crippen LogP contribution in [0, 0.1) is 11.3 Å². The molecule has 0 aliphatic carbocycles. The molecule has 1 aliphatic rings. The molecule has 1 aliphatic heterocycles. The van der Waals surface area contributed by atoms with Crippen LogP contribution in [0.25, 0.3) is 0 Å². The van der Waals surface area contributed by atoms with Crippen LogP contribution in [0.5, 0.6) is 0 Å². The van der Waals surface area contributed by atoms with Gasteiger partial charge in [-0.25, -0.2) is 0 Å². The lowest BCUT2D eigenvalue weighted by atomic mass is 10.0. The molecule has 2 heterocycles. The predicted octanol–water partition coefficient (Wildman–Crippen LogP) is 1.64. The molecule has 0 amide bonds. The van der Waals surface area contributed by atoms with Gasteiger partial charge in [0, 0.05) is 12.6 Å². The maximum atomic E-state index is 9.37. The number of nitriles is 1. The van der Waals surface area contributed by atoms with Crippen molar-refractivity contribution in [3.63, 3.8) is 0 Å². The van der Waals surface area contributed by atoms with E-state index >= 15 is 0 Å². The Bertz CT molecular complexity index is 471. The maximum Gasteiger partial charge on any atom is 0.167 e. The highest BCUT2D eigenvalue weighted by atomic mass is 15.2. The van der Waals surface area contributed by atoms with Gasteiger partial charge in [-0.1, -0.05) is 13.8 Å². The number of aromatic nitrogens is 2. The number of hydrogen-bond acceptors (Lipinski definition) is 5. The van der Waals surface area contributed by atoms with Gasteiger partial charge < -0.3 is 10.6 Å². The molecule has 1 aromatic rings. The Morgan fingerprint density at radius 3 is 2.79 bits per heavy atom. The van der Waals surface area contributed by atoms with Gasteiger partial charge in [-0.15, -0.1) is 5.10 Å². The second-order valence-electron chi connectivity index (χ2n) is 4.84. The van der Waals surface area contributed by atoms with E-state index < -0.39 is 0 Å². The molecule has 2 N–H and O–H groups in total. The molecule has 1 aromatic heterocycles. The third kappa shape index (κ3) is 3.02. The van der Waals surface area contributed by atoms with E-state index in [1.54, 1.807) is 0 Å². The predicted molar refractivity (Wildman–Crippen MR) is 75.0 cm³/mol. The summed E-state index contributed by atoms with van der Waals surface area (Å²) in [5.41, 5.74) is 2.62. The molecule has 1 atom stereocenters. The van der Waals surface area contributed by atoms with Crippen molar-refractivity contribution >= 4 is 5.82 Å². The Hall–Kier alpha value is -1.67. The Labute approximate surface area is 114 Å². The van der Waals surface area contributed by atoms with Crippen molar-refractivity contribution in [2.45, 2.75) is 45.6 Å². The fraction of sp³-hybridized carbons (Fsp3) is 0.643. The van der Waals surface area contributed by atoms with Crippen LogP contribution in [-0.2, 0) is 12.8 Å². The van der Waals surface area contributed by atoms with Gasteiger partial charge in [0.1, 0.15) is 11.6 Å². The zero-order valence-electron chi connectivity index (χ0n) is 11.7. The lowest BCUT2D eigenvalue weighted by Gasteiger charge is -2.14. The molecule has 5 nitrogen and oxygen atoms in total. The zero-order chi connectivity index (χ0) is 13.7. The molecular weight excluding hydrogens is 238 g/mol. The van der Waals surface area contributed by atoms with Gasteiger partial charge in [-0.05, 0) is 37.8 Å². The first-order valence-corrected chi connectivity index (χ1v) is 7.05. The fourth-order valence-corrected chi connectivity index (χ4v) is 2.57. The third-order valence-corrected chi connectivity index (χ3v) is 3.64. The topological polar surface area (TPSA) is 73.6 Å². The van der Waals surface area contributed by atoms with Crippen molar-refractivity contribution in [2.24, 2.45) is 0 Å². The van der Waals surface area contributed by atoms with Crippen molar-refractivity contribution < 1.29 is 0 Å². The number of hydrogen-bond donors (Lipinski definition) is 2. The minimum Gasteiger partial charge on any atom is -0.366 e. The number of aryl methyl sites for hydroxylation is 1. The molecule has 5 heteroatoms. The average molecular weight is 259 g/mol. The van der Waals surface area contributed by atoms with Crippen molar-refractivity contribution in [1.82, 2.24) is 15.5 Å². The van der Waals surface area contributed by atoms with Gasteiger partial charge in [0.25, 0.3) is 0 Å². The van der Waals surface area contributed by atoms with E-state index in [1.165, 1.54) is 12.8 Å². The monoisotopic (exact) mass is 259 g/mol. The summed E-state index contributed by atoms with van der Waals surface area (Å²) >= 11 is 0. The van der Waals surface area contributed by atoms with E-state index in [9.17, 15) is 5.26 Å². The minimum atomic E-state index is 0.476. The molecule has 1 fully saturated rings. The smallest absolute Gasteiger partial charge is 0.167 e. The van der Waals surface area contributed by atoms with E-state index in [1.807, 2.05) is 6.92 Å². The van der Waals surface area contributed by atoms with Crippen molar-refractivity contribution in [3.05, 3.63) is 16.8 Å². The number of rotatable bonds is 5. The molecular formula is C14H21N5. The van der Waals surface area contributed by atoms with Crippen LogP contribution >= 0.6 is 0 Å². The van der Waals surface area contributed by atoms with E-state index in [-0.39, 0.29) is 0 Å².